The lowest BCUT2D eigenvalue weighted by atomic mass is 10.1. The fourth-order valence-corrected chi connectivity index (χ4v) is 2.20. The summed E-state index contributed by atoms with van der Waals surface area (Å²) in [7, 11) is 0. The molecule has 14 heavy (non-hydrogen) atoms. The molecule has 0 aromatic rings. The molecule has 1 unspecified atom stereocenters. The van der Waals surface area contributed by atoms with Crippen LogP contribution >= 0.6 is 0 Å². The van der Waals surface area contributed by atoms with E-state index in [-0.39, 0.29) is 5.54 Å². The molecule has 0 spiro atoms. The minimum Gasteiger partial charge on any atom is -0.375 e. The third-order valence-corrected chi connectivity index (χ3v) is 2.96. The minimum atomic E-state index is -0.0779. The standard InChI is InChI=1S/C11H22N2O/c1-11(2,12)8-13-5-6-14-10(7-13)9-3-4-9/h9-10H,3-8,12H2,1-2H3. The van der Waals surface area contributed by atoms with Gasteiger partial charge in [0.1, 0.15) is 0 Å². The van der Waals surface area contributed by atoms with E-state index < -0.39 is 0 Å². The molecule has 0 aromatic heterocycles. The van der Waals surface area contributed by atoms with Crippen LogP contribution in [-0.4, -0.2) is 42.8 Å². The first-order valence-electron chi connectivity index (χ1n) is 5.67. The molecule has 0 amide bonds. The highest BCUT2D eigenvalue weighted by Crippen LogP contribution is 2.35. The highest BCUT2D eigenvalue weighted by Gasteiger charge is 2.35. The first kappa shape index (κ1) is 10.4. The lowest BCUT2D eigenvalue weighted by molar-refractivity contribution is -0.0433. The van der Waals surface area contributed by atoms with Gasteiger partial charge < -0.3 is 10.5 Å². The lowest BCUT2D eigenvalue weighted by Crippen LogP contribution is -2.51. The Kier molecular flexibility index (Phi) is 2.82. The molecule has 82 valence electrons. The quantitative estimate of drug-likeness (QED) is 0.730. The normalized spacial score (nSPS) is 30.6. The van der Waals surface area contributed by atoms with E-state index in [0.29, 0.717) is 6.10 Å². The molecule has 1 aliphatic carbocycles. The van der Waals surface area contributed by atoms with Crippen LogP contribution in [0.5, 0.6) is 0 Å². The van der Waals surface area contributed by atoms with Gasteiger partial charge in [-0.1, -0.05) is 0 Å². The van der Waals surface area contributed by atoms with E-state index in [1.54, 1.807) is 0 Å². The summed E-state index contributed by atoms with van der Waals surface area (Å²) in [4.78, 5) is 2.45. The molecular formula is C11H22N2O. The van der Waals surface area contributed by atoms with Gasteiger partial charge in [0.15, 0.2) is 0 Å². The van der Waals surface area contributed by atoms with Gasteiger partial charge in [0.25, 0.3) is 0 Å². The molecule has 1 aliphatic heterocycles. The van der Waals surface area contributed by atoms with Crippen LogP contribution in [0.1, 0.15) is 26.7 Å². The average Bonchev–Trinajstić information content (AvgIpc) is 2.83. The van der Waals surface area contributed by atoms with Crippen molar-refractivity contribution in [2.24, 2.45) is 11.7 Å². The molecule has 2 rings (SSSR count). The average molecular weight is 198 g/mol. The van der Waals surface area contributed by atoms with Crippen LogP contribution in [0.25, 0.3) is 0 Å². The van der Waals surface area contributed by atoms with Crippen molar-refractivity contribution in [2.75, 3.05) is 26.2 Å². The summed E-state index contributed by atoms with van der Waals surface area (Å²) >= 11 is 0. The first-order valence-corrected chi connectivity index (χ1v) is 5.67. The molecule has 2 fully saturated rings. The third-order valence-electron chi connectivity index (χ3n) is 2.96. The molecular weight excluding hydrogens is 176 g/mol. The number of hydrogen-bond acceptors (Lipinski definition) is 3. The van der Waals surface area contributed by atoms with E-state index in [1.807, 2.05) is 0 Å². The zero-order valence-electron chi connectivity index (χ0n) is 9.33. The van der Waals surface area contributed by atoms with Crippen LogP contribution in [0.4, 0.5) is 0 Å². The Labute approximate surface area is 86.6 Å². The molecule has 1 heterocycles. The van der Waals surface area contributed by atoms with Gasteiger partial charge in [-0.2, -0.15) is 0 Å². The third kappa shape index (κ3) is 2.94. The molecule has 1 saturated carbocycles. The van der Waals surface area contributed by atoms with E-state index in [0.717, 1.165) is 32.2 Å². The predicted octanol–water partition coefficient (Wildman–Crippen LogP) is 0.834. The van der Waals surface area contributed by atoms with Gasteiger partial charge >= 0.3 is 0 Å². The Morgan fingerprint density at radius 3 is 2.71 bits per heavy atom. The summed E-state index contributed by atoms with van der Waals surface area (Å²) in [5.74, 6) is 0.846. The van der Waals surface area contributed by atoms with Crippen LogP contribution in [0.2, 0.25) is 0 Å². The number of nitrogens with two attached hydrogens (primary N) is 1. The van der Waals surface area contributed by atoms with Crippen LogP contribution in [0.3, 0.4) is 0 Å². The summed E-state index contributed by atoms with van der Waals surface area (Å²) in [6, 6.07) is 0. The molecule has 2 aliphatic rings. The number of rotatable bonds is 3. The number of nitrogens with zero attached hydrogens (tertiary/aromatic N) is 1. The zero-order valence-corrected chi connectivity index (χ0v) is 9.33. The second kappa shape index (κ2) is 3.80. The van der Waals surface area contributed by atoms with E-state index in [4.69, 9.17) is 10.5 Å². The molecule has 3 heteroatoms. The van der Waals surface area contributed by atoms with Crippen molar-refractivity contribution >= 4 is 0 Å². The van der Waals surface area contributed by atoms with Crippen molar-refractivity contribution in [3.8, 4) is 0 Å². The molecule has 2 N–H and O–H groups in total. The highest BCUT2D eigenvalue weighted by atomic mass is 16.5. The Bertz CT molecular complexity index is 196. The van der Waals surface area contributed by atoms with Gasteiger partial charge in [0.2, 0.25) is 0 Å². The molecule has 0 aromatic carbocycles. The van der Waals surface area contributed by atoms with E-state index >= 15 is 0 Å². The zero-order chi connectivity index (χ0) is 10.2. The molecule has 1 saturated heterocycles. The van der Waals surface area contributed by atoms with E-state index in [9.17, 15) is 0 Å². The summed E-state index contributed by atoms with van der Waals surface area (Å²) in [5, 5.41) is 0. The first-order chi connectivity index (χ1) is 6.54. The predicted molar refractivity (Wildman–Crippen MR) is 57.2 cm³/mol. The maximum Gasteiger partial charge on any atom is 0.0730 e. The van der Waals surface area contributed by atoms with E-state index in [1.165, 1.54) is 12.8 Å². The van der Waals surface area contributed by atoms with Crippen molar-refractivity contribution in [1.29, 1.82) is 0 Å². The highest BCUT2D eigenvalue weighted by molar-refractivity contribution is 4.88. The van der Waals surface area contributed by atoms with Crippen molar-refractivity contribution in [3.05, 3.63) is 0 Å². The van der Waals surface area contributed by atoms with Gasteiger partial charge in [-0.15, -0.1) is 0 Å². The van der Waals surface area contributed by atoms with Gasteiger partial charge in [-0.25, -0.2) is 0 Å². The van der Waals surface area contributed by atoms with Crippen LogP contribution in [0, 0.1) is 5.92 Å². The van der Waals surface area contributed by atoms with Gasteiger partial charge in [-0.3, -0.25) is 4.90 Å². The Morgan fingerprint density at radius 2 is 2.14 bits per heavy atom. The minimum absolute atomic E-state index is 0.0779. The van der Waals surface area contributed by atoms with Crippen molar-refractivity contribution in [3.63, 3.8) is 0 Å². The molecule has 3 nitrogen and oxygen atoms in total. The van der Waals surface area contributed by atoms with Crippen molar-refractivity contribution < 1.29 is 4.74 Å². The Hall–Kier alpha value is -0.120. The lowest BCUT2D eigenvalue weighted by Gasteiger charge is -2.36. The van der Waals surface area contributed by atoms with E-state index in [2.05, 4.69) is 18.7 Å². The fraction of sp³-hybridized carbons (Fsp3) is 1.00. The van der Waals surface area contributed by atoms with Gasteiger partial charge in [0.05, 0.1) is 12.7 Å². The molecule has 0 bridgehead atoms. The van der Waals surface area contributed by atoms with Gasteiger partial charge in [0, 0.05) is 25.2 Å². The second-order valence-electron chi connectivity index (χ2n) is 5.47. The SMILES string of the molecule is CC(C)(N)CN1CCOC(C2CC2)C1. The Morgan fingerprint density at radius 1 is 1.43 bits per heavy atom. The van der Waals surface area contributed by atoms with Crippen LogP contribution < -0.4 is 5.73 Å². The number of hydrogen-bond donors (Lipinski definition) is 1. The topological polar surface area (TPSA) is 38.5 Å². The summed E-state index contributed by atoms with van der Waals surface area (Å²) in [6.45, 7) is 8.19. The van der Waals surface area contributed by atoms with Crippen molar-refractivity contribution in [1.82, 2.24) is 4.90 Å². The van der Waals surface area contributed by atoms with Crippen molar-refractivity contribution in [2.45, 2.75) is 38.3 Å². The van der Waals surface area contributed by atoms with Crippen LogP contribution in [-0.2, 0) is 4.74 Å². The smallest absolute Gasteiger partial charge is 0.0730 e. The number of ether oxygens (including phenoxy) is 1. The largest absolute Gasteiger partial charge is 0.375 e. The molecule has 1 atom stereocenters. The fourth-order valence-electron chi connectivity index (χ4n) is 2.20. The summed E-state index contributed by atoms with van der Waals surface area (Å²) < 4.78 is 5.76. The summed E-state index contributed by atoms with van der Waals surface area (Å²) in [5.41, 5.74) is 5.94. The maximum atomic E-state index is 6.02. The van der Waals surface area contributed by atoms with Gasteiger partial charge in [-0.05, 0) is 32.6 Å². The second-order valence-corrected chi connectivity index (χ2v) is 5.47. The molecule has 0 radical (unpaired) electrons. The maximum absolute atomic E-state index is 6.02. The number of morpholine rings is 1. The Balaban J connectivity index is 1.81. The monoisotopic (exact) mass is 198 g/mol. The van der Waals surface area contributed by atoms with Crippen LogP contribution in [0.15, 0.2) is 0 Å². The summed E-state index contributed by atoms with van der Waals surface area (Å²) in [6.07, 6.45) is 3.22.